The lowest BCUT2D eigenvalue weighted by Crippen LogP contribution is -2.35. The monoisotopic (exact) mass is 420 g/mol. The minimum atomic E-state index is -4.92. The number of hydrogen-bond acceptors (Lipinski definition) is 4. The van der Waals surface area contributed by atoms with Crippen molar-refractivity contribution in [1.82, 2.24) is 20.3 Å². The molecule has 3 aromatic rings. The number of halogens is 4. The van der Waals surface area contributed by atoms with E-state index in [0.29, 0.717) is 17.7 Å². The highest BCUT2D eigenvalue weighted by atomic mass is 19.4. The number of para-hydroxylation sites is 1. The first-order valence-electron chi connectivity index (χ1n) is 9.10. The molecule has 0 spiro atoms. The van der Waals surface area contributed by atoms with Gasteiger partial charge in [-0.1, -0.05) is 29.5 Å². The van der Waals surface area contributed by atoms with Crippen LogP contribution in [0.15, 0.2) is 48.5 Å². The van der Waals surface area contributed by atoms with Crippen LogP contribution in [0.4, 0.5) is 17.6 Å². The van der Waals surface area contributed by atoms with Crippen LogP contribution in [-0.2, 0) is 12.6 Å². The van der Waals surface area contributed by atoms with E-state index >= 15 is 0 Å². The Labute approximate surface area is 168 Å². The molecule has 1 aromatic heterocycles. The van der Waals surface area contributed by atoms with Gasteiger partial charge in [-0.05, 0) is 36.2 Å². The average Bonchev–Trinajstić information content (AvgIpc) is 3.18. The Morgan fingerprint density at radius 1 is 1.20 bits per heavy atom. The van der Waals surface area contributed by atoms with E-state index in [1.165, 1.54) is 12.1 Å². The average molecular weight is 420 g/mol. The molecule has 0 saturated heterocycles. The Hall–Kier alpha value is -3.43. The summed E-state index contributed by atoms with van der Waals surface area (Å²) >= 11 is 0. The maximum Gasteiger partial charge on any atom is 0.435 e. The number of carbonyl (C=O) groups excluding carboxylic acids is 1. The molecular formula is C20H16F4N4O2. The predicted molar refractivity (Wildman–Crippen MR) is 97.8 cm³/mol. The summed E-state index contributed by atoms with van der Waals surface area (Å²) in [6.07, 6.45) is -4.30. The number of carbonyl (C=O) groups is 1. The van der Waals surface area contributed by atoms with Crippen molar-refractivity contribution in [3.63, 3.8) is 0 Å². The third kappa shape index (κ3) is 3.98. The molecule has 1 amide bonds. The van der Waals surface area contributed by atoms with E-state index in [-0.39, 0.29) is 18.2 Å². The maximum atomic E-state index is 13.7. The summed E-state index contributed by atoms with van der Waals surface area (Å²) in [6.45, 7) is 0.441. The first kappa shape index (κ1) is 19.9. The van der Waals surface area contributed by atoms with Crippen LogP contribution in [-0.4, -0.2) is 34.1 Å². The molecule has 0 saturated carbocycles. The van der Waals surface area contributed by atoms with E-state index in [0.717, 1.165) is 23.4 Å². The quantitative estimate of drug-likeness (QED) is 0.657. The zero-order chi connectivity index (χ0) is 21.3. The lowest BCUT2D eigenvalue weighted by Gasteiger charge is -2.25. The molecule has 0 bridgehead atoms. The van der Waals surface area contributed by atoms with Crippen LogP contribution >= 0.6 is 0 Å². The second kappa shape index (κ2) is 7.77. The number of hydrogen-bond donors (Lipinski definition) is 1. The van der Waals surface area contributed by atoms with E-state index < -0.39 is 29.3 Å². The topological polar surface area (TPSA) is 69.0 Å². The van der Waals surface area contributed by atoms with Crippen LogP contribution in [0.2, 0.25) is 0 Å². The van der Waals surface area contributed by atoms with Crippen molar-refractivity contribution >= 4 is 5.91 Å². The summed E-state index contributed by atoms with van der Waals surface area (Å²) in [5, 5.41) is 9.33. The van der Waals surface area contributed by atoms with Gasteiger partial charge in [0.2, 0.25) is 0 Å². The lowest BCUT2D eigenvalue weighted by atomic mass is 9.97. The van der Waals surface area contributed by atoms with Crippen LogP contribution in [0.3, 0.4) is 0 Å². The van der Waals surface area contributed by atoms with Crippen LogP contribution in [0.5, 0.6) is 5.75 Å². The minimum Gasteiger partial charge on any atom is -0.493 e. The third-order valence-electron chi connectivity index (χ3n) is 4.71. The Morgan fingerprint density at radius 3 is 2.77 bits per heavy atom. The van der Waals surface area contributed by atoms with Crippen LogP contribution < -0.4 is 10.1 Å². The molecule has 1 atom stereocenters. The molecule has 2 aromatic carbocycles. The van der Waals surface area contributed by atoms with Crippen molar-refractivity contribution in [3.05, 3.63) is 71.3 Å². The molecule has 0 radical (unpaired) electrons. The Kier molecular flexibility index (Phi) is 5.15. The van der Waals surface area contributed by atoms with Gasteiger partial charge in [0, 0.05) is 12.5 Å². The number of fused-ring (bicyclic) bond motifs is 1. The van der Waals surface area contributed by atoms with E-state index in [4.69, 9.17) is 4.74 Å². The minimum absolute atomic E-state index is 0.101. The van der Waals surface area contributed by atoms with E-state index in [1.54, 1.807) is 0 Å². The third-order valence-corrected chi connectivity index (χ3v) is 4.71. The van der Waals surface area contributed by atoms with Crippen molar-refractivity contribution in [2.24, 2.45) is 5.92 Å². The summed E-state index contributed by atoms with van der Waals surface area (Å²) < 4.78 is 60.4. The summed E-state index contributed by atoms with van der Waals surface area (Å²) in [5.74, 6) is -1.09. The summed E-state index contributed by atoms with van der Waals surface area (Å²) in [4.78, 5) is 12.5. The normalized spacial score (nSPS) is 15.9. The first-order chi connectivity index (χ1) is 14.3. The van der Waals surface area contributed by atoms with Crippen molar-refractivity contribution in [1.29, 1.82) is 0 Å². The Morgan fingerprint density at radius 2 is 2.00 bits per heavy atom. The van der Waals surface area contributed by atoms with Crippen molar-refractivity contribution < 1.29 is 27.1 Å². The number of nitrogens with zero attached hydrogens (tertiary/aromatic N) is 3. The molecule has 30 heavy (non-hydrogen) atoms. The summed E-state index contributed by atoms with van der Waals surface area (Å²) in [7, 11) is 0. The molecule has 156 valence electrons. The van der Waals surface area contributed by atoms with Gasteiger partial charge in [-0.15, -0.1) is 5.10 Å². The molecule has 2 heterocycles. The lowest BCUT2D eigenvalue weighted by molar-refractivity contribution is -0.143. The molecule has 0 aliphatic carbocycles. The summed E-state index contributed by atoms with van der Waals surface area (Å²) in [6, 6.07) is 11.9. The number of alkyl halides is 3. The zero-order valence-electron chi connectivity index (χ0n) is 15.5. The molecule has 1 aliphatic heterocycles. The fourth-order valence-corrected chi connectivity index (χ4v) is 3.32. The Bertz CT molecular complexity index is 1080. The zero-order valence-corrected chi connectivity index (χ0v) is 15.5. The molecule has 6 nitrogen and oxygen atoms in total. The summed E-state index contributed by atoms with van der Waals surface area (Å²) in [5.41, 5.74) is -1.46. The van der Waals surface area contributed by atoms with Crippen molar-refractivity contribution in [2.45, 2.75) is 12.6 Å². The van der Waals surface area contributed by atoms with Crippen LogP contribution in [0.1, 0.15) is 21.7 Å². The number of amides is 1. The van der Waals surface area contributed by atoms with E-state index in [1.807, 2.05) is 24.3 Å². The van der Waals surface area contributed by atoms with E-state index in [9.17, 15) is 22.4 Å². The first-order valence-corrected chi connectivity index (χ1v) is 9.10. The second-order valence-electron chi connectivity index (χ2n) is 6.87. The van der Waals surface area contributed by atoms with Gasteiger partial charge in [0.1, 0.15) is 11.6 Å². The Balaban J connectivity index is 1.53. The number of nitrogens with one attached hydrogen (secondary N) is 1. The van der Waals surface area contributed by atoms with Gasteiger partial charge < -0.3 is 10.1 Å². The van der Waals surface area contributed by atoms with Gasteiger partial charge in [-0.3, -0.25) is 4.79 Å². The maximum absolute atomic E-state index is 13.7. The van der Waals surface area contributed by atoms with E-state index in [2.05, 4.69) is 15.6 Å². The predicted octanol–water partition coefficient (Wildman–Crippen LogP) is 3.41. The highest BCUT2D eigenvalue weighted by Crippen LogP contribution is 2.33. The molecule has 0 fully saturated rings. The molecule has 10 heteroatoms. The second-order valence-corrected chi connectivity index (χ2v) is 6.87. The number of ether oxygens (including phenoxy) is 1. The van der Waals surface area contributed by atoms with Crippen LogP contribution in [0.25, 0.3) is 5.69 Å². The number of benzene rings is 2. The highest BCUT2D eigenvalue weighted by molar-refractivity contribution is 5.93. The SMILES string of the molecule is O=C(NCC1COc2ccccc2C1)c1nnn(-c2cccc(F)c2)c1C(F)(F)F. The standard InChI is InChI=1S/C20H16F4N4O2/c21-14-5-3-6-15(9-14)28-18(20(22,23)24)17(26-27-28)19(29)25-10-12-8-13-4-1-2-7-16(13)30-11-12/h1-7,9,12H,8,10-11H2,(H,25,29). The molecule has 1 aliphatic rings. The van der Waals surface area contributed by atoms with Gasteiger partial charge in [-0.25, -0.2) is 9.07 Å². The highest BCUT2D eigenvalue weighted by Gasteiger charge is 2.42. The van der Waals surface area contributed by atoms with Gasteiger partial charge in [-0.2, -0.15) is 13.2 Å². The van der Waals surface area contributed by atoms with Gasteiger partial charge in [0.25, 0.3) is 5.91 Å². The van der Waals surface area contributed by atoms with Crippen molar-refractivity contribution in [2.75, 3.05) is 13.2 Å². The molecular weight excluding hydrogens is 404 g/mol. The van der Waals surface area contributed by atoms with Gasteiger partial charge in [0.15, 0.2) is 11.4 Å². The molecule has 1 unspecified atom stereocenters. The smallest absolute Gasteiger partial charge is 0.435 e. The fourth-order valence-electron chi connectivity index (χ4n) is 3.32. The fraction of sp³-hybridized carbons (Fsp3) is 0.250. The number of rotatable bonds is 4. The number of aromatic nitrogens is 3. The van der Waals surface area contributed by atoms with Gasteiger partial charge >= 0.3 is 6.18 Å². The molecule has 4 rings (SSSR count). The van der Waals surface area contributed by atoms with Crippen LogP contribution in [0, 0.1) is 11.7 Å². The van der Waals surface area contributed by atoms with Gasteiger partial charge in [0.05, 0.1) is 12.3 Å². The largest absolute Gasteiger partial charge is 0.493 e. The van der Waals surface area contributed by atoms with Crippen molar-refractivity contribution in [3.8, 4) is 11.4 Å². The molecule has 1 N–H and O–H groups in total.